The summed E-state index contributed by atoms with van der Waals surface area (Å²) >= 11 is 0. The number of morpholine rings is 1. The number of benzene rings is 2. The van der Waals surface area contributed by atoms with Crippen LogP contribution in [0, 0.1) is 0 Å². The van der Waals surface area contributed by atoms with Crippen molar-refractivity contribution in [3.8, 4) is 0 Å². The van der Waals surface area contributed by atoms with E-state index < -0.39 is 6.04 Å². The predicted octanol–water partition coefficient (Wildman–Crippen LogP) is 2.77. The first-order valence-electron chi connectivity index (χ1n) is 12.7. The highest BCUT2D eigenvalue weighted by atomic mass is 16.5. The van der Waals surface area contributed by atoms with E-state index in [1.165, 1.54) is 11.1 Å². The number of carbonyl (C=O) groups is 2. The van der Waals surface area contributed by atoms with E-state index in [1.807, 2.05) is 23.1 Å². The Kier molecular flexibility index (Phi) is 6.04. The third kappa shape index (κ3) is 4.23. The molecule has 6 rings (SSSR count). The summed E-state index contributed by atoms with van der Waals surface area (Å²) in [4.78, 5) is 36.9. The Labute approximate surface area is 205 Å². The van der Waals surface area contributed by atoms with Crippen LogP contribution >= 0.6 is 0 Å². The van der Waals surface area contributed by atoms with Gasteiger partial charge in [-0.15, -0.1) is 0 Å². The van der Waals surface area contributed by atoms with Gasteiger partial charge in [0.25, 0.3) is 0 Å². The molecule has 3 aromatic rings. The SMILES string of the molecule is O=C1[C@@H]2Cc3c([nH]c4ccccc34)[C@@H](CCc3ccccc3)N2C(=O)CN1CCN1CCOCC1. The third-order valence-corrected chi connectivity index (χ3v) is 7.80. The number of ether oxygens (including phenoxy) is 1. The summed E-state index contributed by atoms with van der Waals surface area (Å²) in [5, 5.41) is 1.16. The minimum Gasteiger partial charge on any atom is -0.379 e. The number of aromatic amines is 1. The molecule has 2 atom stereocenters. The Morgan fingerprint density at radius 2 is 1.71 bits per heavy atom. The lowest BCUT2D eigenvalue weighted by Crippen LogP contribution is -2.63. The molecule has 2 fully saturated rings. The lowest BCUT2D eigenvalue weighted by molar-refractivity contribution is -0.160. The number of rotatable bonds is 6. The highest BCUT2D eigenvalue weighted by molar-refractivity contribution is 5.97. The molecule has 3 aliphatic heterocycles. The standard InChI is InChI=1S/C28H32N4O3/c33-26-19-31(13-12-30-14-16-35-17-15-30)28(34)25-18-22-21-8-4-5-9-23(21)29-27(22)24(32(25)26)11-10-20-6-2-1-3-7-20/h1-9,24-25,29H,10-19H2/t24-,25+/m1/s1. The predicted molar refractivity (Wildman–Crippen MR) is 134 cm³/mol. The fourth-order valence-electron chi connectivity index (χ4n) is 5.97. The molecule has 2 aromatic carbocycles. The maximum absolute atomic E-state index is 13.7. The molecule has 0 radical (unpaired) electrons. The number of hydrogen-bond acceptors (Lipinski definition) is 4. The molecule has 4 heterocycles. The molecule has 0 aliphatic carbocycles. The Bertz CT molecular complexity index is 1220. The number of nitrogens with zero attached hydrogens (tertiary/aromatic N) is 3. The molecule has 0 unspecified atom stereocenters. The molecule has 0 bridgehead atoms. The quantitative estimate of drug-likeness (QED) is 0.599. The van der Waals surface area contributed by atoms with Crippen LogP contribution in [0.4, 0.5) is 0 Å². The van der Waals surface area contributed by atoms with Gasteiger partial charge in [-0.2, -0.15) is 0 Å². The van der Waals surface area contributed by atoms with E-state index >= 15 is 0 Å². The Morgan fingerprint density at radius 1 is 0.943 bits per heavy atom. The fraction of sp³-hybridized carbons (Fsp3) is 0.429. The molecule has 182 valence electrons. The number of amides is 2. The van der Waals surface area contributed by atoms with E-state index in [-0.39, 0.29) is 24.4 Å². The smallest absolute Gasteiger partial charge is 0.246 e. The Morgan fingerprint density at radius 3 is 2.54 bits per heavy atom. The summed E-state index contributed by atoms with van der Waals surface area (Å²) in [6, 6.07) is 18.1. The van der Waals surface area contributed by atoms with Crippen LogP contribution in [0.15, 0.2) is 54.6 Å². The molecule has 35 heavy (non-hydrogen) atoms. The van der Waals surface area contributed by atoms with Gasteiger partial charge >= 0.3 is 0 Å². The molecule has 3 aliphatic rings. The first-order chi connectivity index (χ1) is 17.2. The second kappa shape index (κ2) is 9.47. The molecular formula is C28H32N4O3. The summed E-state index contributed by atoms with van der Waals surface area (Å²) in [6.07, 6.45) is 2.21. The maximum atomic E-state index is 13.7. The fourth-order valence-corrected chi connectivity index (χ4v) is 5.97. The van der Waals surface area contributed by atoms with Gasteiger partial charge in [0.2, 0.25) is 11.8 Å². The number of hydrogen-bond donors (Lipinski definition) is 1. The van der Waals surface area contributed by atoms with E-state index in [1.54, 1.807) is 4.90 Å². The zero-order chi connectivity index (χ0) is 23.8. The average molecular weight is 473 g/mol. The largest absolute Gasteiger partial charge is 0.379 e. The zero-order valence-electron chi connectivity index (χ0n) is 20.0. The molecule has 0 spiro atoms. The first kappa shape index (κ1) is 22.3. The summed E-state index contributed by atoms with van der Waals surface area (Å²) in [7, 11) is 0. The maximum Gasteiger partial charge on any atom is 0.246 e. The van der Waals surface area contributed by atoms with Crippen molar-refractivity contribution in [2.24, 2.45) is 0 Å². The molecule has 7 nitrogen and oxygen atoms in total. The summed E-state index contributed by atoms with van der Waals surface area (Å²) < 4.78 is 5.44. The van der Waals surface area contributed by atoms with Crippen molar-refractivity contribution in [3.63, 3.8) is 0 Å². The molecule has 1 aromatic heterocycles. The van der Waals surface area contributed by atoms with Gasteiger partial charge in [0.15, 0.2) is 0 Å². The van der Waals surface area contributed by atoms with Gasteiger partial charge < -0.3 is 19.5 Å². The molecule has 1 N–H and O–H groups in total. The van der Waals surface area contributed by atoms with E-state index in [9.17, 15) is 9.59 Å². The van der Waals surface area contributed by atoms with Crippen LogP contribution in [0.3, 0.4) is 0 Å². The van der Waals surface area contributed by atoms with Crippen LogP contribution < -0.4 is 0 Å². The van der Waals surface area contributed by atoms with Crippen LogP contribution in [0.5, 0.6) is 0 Å². The van der Waals surface area contributed by atoms with Gasteiger partial charge in [0.05, 0.1) is 25.8 Å². The average Bonchev–Trinajstić information content (AvgIpc) is 3.28. The topological polar surface area (TPSA) is 68.9 Å². The van der Waals surface area contributed by atoms with Crippen molar-refractivity contribution in [2.45, 2.75) is 31.3 Å². The van der Waals surface area contributed by atoms with E-state index in [2.05, 4.69) is 46.3 Å². The molecule has 7 heteroatoms. The van der Waals surface area contributed by atoms with Crippen LogP contribution in [0.2, 0.25) is 0 Å². The van der Waals surface area contributed by atoms with Crippen molar-refractivity contribution in [3.05, 3.63) is 71.4 Å². The van der Waals surface area contributed by atoms with Gasteiger partial charge in [-0.1, -0.05) is 48.5 Å². The van der Waals surface area contributed by atoms with Crippen molar-refractivity contribution in [1.82, 2.24) is 19.7 Å². The second-order valence-corrected chi connectivity index (χ2v) is 9.84. The zero-order valence-corrected chi connectivity index (χ0v) is 20.0. The van der Waals surface area contributed by atoms with Gasteiger partial charge in [-0.05, 0) is 30.0 Å². The molecule has 0 saturated carbocycles. The first-order valence-corrected chi connectivity index (χ1v) is 12.7. The minimum atomic E-state index is -0.437. The van der Waals surface area contributed by atoms with Crippen LogP contribution in [0.1, 0.15) is 29.3 Å². The van der Waals surface area contributed by atoms with Gasteiger partial charge in [0.1, 0.15) is 6.04 Å². The van der Waals surface area contributed by atoms with Crippen molar-refractivity contribution >= 4 is 22.7 Å². The van der Waals surface area contributed by atoms with Crippen molar-refractivity contribution in [2.75, 3.05) is 45.9 Å². The van der Waals surface area contributed by atoms with Crippen molar-refractivity contribution < 1.29 is 14.3 Å². The van der Waals surface area contributed by atoms with Gasteiger partial charge in [-0.3, -0.25) is 14.5 Å². The molecule has 2 amide bonds. The van der Waals surface area contributed by atoms with E-state index in [0.29, 0.717) is 13.0 Å². The lowest BCUT2D eigenvalue weighted by Gasteiger charge is -2.47. The highest BCUT2D eigenvalue weighted by Crippen LogP contribution is 2.41. The number of H-pyrrole nitrogens is 1. The lowest BCUT2D eigenvalue weighted by atomic mass is 9.87. The molecule has 2 saturated heterocycles. The third-order valence-electron chi connectivity index (χ3n) is 7.80. The minimum absolute atomic E-state index is 0.0546. The molecular weight excluding hydrogens is 440 g/mol. The summed E-state index contributed by atoms with van der Waals surface area (Å²) in [5.41, 5.74) is 4.61. The van der Waals surface area contributed by atoms with Gasteiger partial charge in [0, 0.05) is 49.2 Å². The van der Waals surface area contributed by atoms with Gasteiger partial charge in [-0.25, -0.2) is 0 Å². The van der Waals surface area contributed by atoms with E-state index in [0.717, 1.165) is 62.3 Å². The van der Waals surface area contributed by atoms with E-state index in [4.69, 9.17) is 4.74 Å². The number of aromatic nitrogens is 1. The second-order valence-electron chi connectivity index (χ2n) is 9.84. The number of para-hydroxylation sites is 1. The van der Waals surface area contributed by atoms with Crippen LogP contribution in [-0.4, -0.2) is 83.5 Å². The summed E-state index contributed by atoms with van der Waals surface area (Å²) in [5.74, 6) is 0.137. The van der Waals surface area contributed by atoms with Crippen LogP contribution in [-0.2, 0) is 27.2 Å². The number of nitrogens with one attached hydrogen (secondary N) is 1. The number of fused-ring (bicyclic) bond motifs is 4. The number of aryl methyl sites for hydroxylation is 1. The normalized spacial score (nSPS) is 23.0. The van der Waals surface area contributed by atoms with Crippen LogP contribution in [0.25, 0.3) is 10.9 Å². The Balaban J connectivity index is 1.29. The summed E-state index contributed by atoms with van der Waals surface area (Å²) in [6.45, 7) is 4.76. The number of piperazine rings is 1. The monoisotopic (exact) mass is 472 g/mol. The van der Waals surface area contributed by atoms with Crippen molar-refractivity contribution in [1.29, 1.82) is 0 Å². The number of carbonyl (C=O) groups excluding carboxylic acids is 2. The highest BCUT2D eigenvalue weighted by Gasteiger charge is 2.47. The Hall–Kier alpha value is -3.16.